The zero-order chi connectivity index (χ0) is 35.5. The molecule has 12 nitrogen and oxygen atoms in total. The number of benzene rings is 3. The Balaban J connectivity index is 1.42. The number of hydrogen-bond acceptors (Lipinski definition) is 10. The van der Waals surface area contributed by atoms with Crippen molar-refractivity contribution < 1.29 is 43.1 Å². The predicted molar refractivity (Wildman–Crippen MR) is 193 cm³/mol. The van der Waals surface area contributed by atoms with Crippen molar-refractivity contribution in [3.63, 3.8) is 0 Å². The van der Waals surface area contributed by atoms with Crippen molar-refractivity contribution in [2.24, 2.45) is 0 Å². The van der Waals surface area contributed by atoms with E-state index >= 15 is 0 Å². The van der Waals surface area contributed by atoms with Crippen molar-refractivity contribution in [1.82, 2.24) is 10.2 Å². The molecule has 51 heavy (non-hydrogen) atoms. The van der Waals surface area contributed by atoms with E-state index in [4.69, 9.17) is 33.2 Å². The number of hydrogen-bond donors (Lipinski definition) is 3. The van der Waals surface area contributed by atoms with Gasteiger partial charge in [0.1, 0.15) is 0 Å². The van der Waals surface area contributed by atoms with E-state index in [1.165, 1.54) is 0 Å². The third-order valence-corrected chi connectivity index (χ3v) is 8.75. The van der Waals surface area contributed by atoms with Gasteiger partial charge in [0.15, 0.2) is 6.29 Å². The summed E-state index contributed by atoms with van der Waals surface area (Å²) in [6.07, 6.45) is -1.41. The van der Waals surface area contributed by atoms with Crippen LogP contribution in [0.1, 0.15) is 47.5 Å². The fourth-order valence-corrected chi connectivity index (χ4v) is 6.18. The number of nitrogens with zero attached hydrogens (tertiary/aromatic N) is 1. The third kappa shape index (κ3) is 12.6. The van der Waals surface area contributed by atoms with E-state index in [0.29, 0.717) is 97.9 Å². The molecule has 2 amide bonds. The lowest BCUT2D eigenvalue weighted by atomic mass is 9.83. The fourth-order valence-electron chi connectivity index (χ4n) is 6.18. The van der Waals surface area contributed by atoms with Crippen molar-refractivity contribution in [3.8, 4) is 0 Å². The highest BCUT2D eigenvalue weighted by molar-refractivity contribution is 5.89. The Bertz CT molecular complexity index is 1400. The number of aliphatic hydroxyl groups is 1. The zero-order valence-electron chi connectivity index (χ0n) is 29.6. The minimum Gasteiger partial charge on any atom is -0.392 e. The minimum absolute atomic E-state index is 0.0422. The van der Waals surface area contributed by atoms with Crippen LogP contribution in [0.4, 0.5) is 10.5 Å². The summed E-state index contributed by atoms with van der Waals surface area (Å²) in [7, 11) is 0. The highest BCUT2D eigenvalue weighted by atomic mass is 16.7. The van der Waals surface area contributed by atoms with E-state index in [2.05, 4.69) is 27.7 Å². The molecule has 2 fully saturated rings. The molecule has 0 bridgehead atoms. The summed E-state index contributed by atoms with van der Waals surface area (Å²) >= 11 is 0. The first-order valence-corrected chi connectivity index (χ1v) is 18.0. The van der Waals surface area contributed by atoms with Gasteiger partial charge in [0.2, 0.25) is 0 Å². The van der Waals surface area contributed by atoms with Crippen LogP contribution in [0.3, 0.4) is 0 Å². The van der Waals surface area contributed by atoms with Gasteiger partial charge in [-0.25, -0.2) is 4.79 Å². The van der Waals surface area contributed by atoms with Crippen LogP contribution in [-0.2, 0) is 39.8 Å². The maximum absolute atomic E-state index is 12.4. The van der Waals surface area contributed by atoms with E-state index < -0.39 is 6.29 Å². The maximum atomic E-state index is 12.4. The molecular weight excluding hydrogens is 654 g/mol. The van der Waals surface area contributed by atoms with Crippen molar-refractivity contribution in [1.29, 1.82) is 0 Å². The van der Waals surface area contributed by atoms with E-state index in [1.807, 2.05) is 73.7 Å². The highest BCUT2D eigenvalue weighted by Gasteiger charge is 2.42. The Morgan fingerprint density at radius 3 is 1.88 bits per heavy atom. The Hall–Kier alpha value is -3.43. The summed E-state index contributed by atoms with van der Waals surface area (Å²) in [6, 6.07) is 25.5. The molecule has 3 aromatic rings. The lowest BCUT2D eigenvalue weighted by Gasteiger charge is -2.44. The molecular formula is C39H53N3O9. The first-order valence-electron chi connectivity index (χ1n) is 18.0. The maximum Gasteiger partial charge on any atom is 0.319 e. The summed E-state index contributed by atoms with van der Waals surface area (Å²) in [6.45, 7) is 9.32. The van der Waals surface area contributed by atoms with Crippen LogP contribution in [0.15, 0.2) is 78.9 Å². The number of nitrogens with one attached hydrogen (secondary N) is 2. The first-order chi connectivity index (χ1) is 25.1. The lowest BCUT2D eigenvalue weighted by Crippen LogP contribution is -2.46. The van der Waals surface area contributed by atoms with Crippen LogP contribution in [-0.4, -0.2) is 114 Å². The molecule has 5 rings (SSSR count). The van der Waals surface area contributed by atoms with Crippen LogP contribution >= 0.6 is 0 Å². The summed E-state index contributed by atoms with van der Waals surface area (Å²) in [5.74, 6) is -0.169. The molecule has 4 unspecified atom stereocenters. The zero-order valence-corrected chi connectivity index (χ0v) is 29.6. The standard InChI is InChI=1S/C39H53N3O9/c1-2-40-39(44)41-34-10-6-9-33(27-34)38-50-35(28-42-15-17-45-19-21-47-23-25-49-26-24-48-22-20-46-18-16-42)36(31-7-4-3-5-8-31)37(51-38)32-13-11-30(29-43)12-14-32/h3-14,27,35-38,43H,2,15-26,28-29H2,1H3,(H2,40,41,44). The smallest absolute Gasteiger partial charge is 0.319 e. The SMILES string of the molecule is CCNC(=O)Nc1cccc(C2OC(CN3CCOCCOCCOCCOCCOCC3)C(c3ccccc3)C(c3ccc(CO)cc3)O2)c1. The summed E-state index contributed by atoms with van der Waals surface area (Å²) < 4.78 is 42.6. The van der Waals surface area contributed by atoms with E-state index in [9.17, 15) is 9.90 Å². The molecule has 12 heteroatoms. The van der Waals surface area contributed by atoms with Gasteiger partial charge in [0.25, 0.3) is 0 Å². The number of rotatable bonds is 8. The molecule has 2 aliphatic rings. The third-order valence-electron chi connectivity index (χ3n) is 8.75. The van der Waals surface area contributed by atoms with Gasteiger partial charge in [-0.1, -0.05) is 66.7 Å². The van der Waals surface area contributed by atoms with E-state index in [0.717, 1.165) is 22.3 Å². The van der Waals surface area contributed by atoms with Gasteiger partial charge in [-0.05, 0) is 35.7 Å². The number of anilines is 1. The van der Waals surface area contributed by atoms with E-state index in [1.54, 1.807) is 0 Å². The van der Waals surface area contributed by atoms with E-state index in [-0.39, 0.29) is 30.8 Å². The average Bonchev–Trinajstić information content (AvgIpc) is 3.15. The van der Waals surface area contributed by atoms with Crippen LogP contribution in [0, 0.1) is 0 Å². The topological polar surface area (TPSA) is 129 Å². The largest absolute Gasteiger partial charge is 0.392 e. The molecule has 0 saturated carbocycles. The summed E-state index contributed by atoms with van der Waals surface area (Å²) in [5, 5.41) is 15.4. The molecule has 3 aromatic carbocycles. The molecule has 0 aliphatic carbocycles. The Kier molecular flexibility index (Phi) is 16.6. The Morgan fingerprint density at radius 1 is 0.706 bits per heavy atom. The van der Waals surface area contributed by atoms with Crippen molar-refractivity contribution in [3.05, 3.63) is 101 Å². The highest BCUT2D eigenvalue weighted by Crippen LogP contribution is 2.47. The Morgan fingerprint density at radius 2 is 1.29 bits per heavy atom. The monoisotopic (exact) mass is 707 g/mol. The molecule has 2 aliphatic heterocycles. The van der Waals surface area contributed by atoms with Crippen LogP contribution < -0.4 is 10.6 Å². The molecule has 0 aromatic heterocycles. The molecule has 278 valence electrons. The molecule has 4 atom stereocenters. The van der Waals surface area contributed by atoms with Crippen molar-refractivity contribution in [2.45, 2.75) is 37.9 Å². The quantitative estimate of drug-likeness (QED) is 0.304. The molecule has 0 radical (unpaired) electrons. The van der Waals surface area contributed by atoms with Crippen molar-refractivity contribution in [2.75, 3.05) is 97.6 Å². The number of ether oxygens (including phenoxy) is 7. The summed E-state index contributed by atoms with van der Waals surface area (Å²) in [4.78, 5) is 14.7. The lowest BCUT2D eigenvalue weighted by molar-refractivity contribution is -0.263. The second-order valence-electron chi connectivity index (χ2n) is 12.4. The second kappa shape index (κ2) is 21.8. The second-order valence-corrected chi connectivity index (χ2v) is 12.4. The van der Waals surface area contributed by atoms with Crippen LogP contribution in [0.25, 0.3) is 0 Å². The van der Waals surface area contributed by atoms with Gasteiger partial charge < -0.3 is 48.9 Å². The normalized spacial score (nSPS) is 23.8. The molecule has 2 heterocycles. The molecule has 3 N–H and O–H groups in total. The number of carbonyl (C=O) groups is 1. The van der Waals surface area contributed by atoms with Crippen LogP contribution in [0.5, 0.6) is 0 Å². The van der Waals surface area contributed by atoms with Gasteiger partial charge >= 0.3 is 6.03 Å². The van der Waals surface area contributed by atoms with Gasteiger partial charge in [-0.2, -0.15) is 0 Å². The first kappa shape index (κ1) is 38.8. The molecule has 2 saturated heterocycles. The fraction of sp³-hybridized carbons (Fsp3) is 0.513. The number of amides is 2. The number of urea groups is 1. The van der Waals surface area contributed by atoms with Crippen molar-refractivity contribution >= 4 is 11.7 Å². The Labute approximate surface area is 301 Å². The average molecular weight is 708 g/mol. The molecule has 0 spiro atoms. The minimum atomic E-state index is -0.723. The van der Waals surface area contributed by atoms with Crippen LogP contribution in [0.2, 0.25) is 0 Å². The predicted octanol–water partition coefficient (Wildman–Crippen LogP) is 4.66. The number of aliphatic hydroxyl groups excluding tert-OH is 1. The van der Waals surface area contributed by atoms with Gasteiger partial charge in [-0.15, -0.1) is 0 Å². The summed E-state index contributed by atoms with van der Waals surface area (Å²) in [5.41, 5.74) is 4.32. The van der Waals surface area contributed by atoms with Gasteiger partial charge in [0.05, 0.1) is 84.9 Å². The number of carbonyl (C=O) groups excluding carboxylic acids is 1. The van der Waals surface area contributed by atoms with Gasteiger partial charge in [0, 0.05) is 43.3 Å². The van der Waals surface area contributed by atoms with Gasteiger partial charge in [-0.3, -0.25) is 4.90 Å².